The molecule has 5 heteroatoms. The number of carbonyl (C=O) groups is 1. The number of alkyl halides is 5. The molecule has 37 heavy (non-hydrogen) atoms. The fourth-order valence-electron chi connectivity index (χ4n) is 4.55. The van der Waals surface area contributed by atoms with Gasteiger partial charge in [0.2, 0.25) is 0 Å². The number of amides is 1. The van der Waals surface area contributed by atoms with Gasteiger partial charge < -0.3 is 0 Å². The van der Waals surface area contributed by atoms with Crippen LogP contribution in [0, 0.1) is 6.92 Å². The molecule has 0 aliphatic rings. The average Bonchev–Trinajstić information content (AvgIpc) is 2.89. The first-order chi connectivity index (χ1) is 17.9. The van der Waals surface area contributed by atoms with E-state index in [1.54, 1.807) is 7.11 Å². The summed E-state index contributed by atoms with van der Waals surface area (Å²) in [5.41, 5.74) is 6.82. The number of methoxy groups -OCH3 is 1. The van der Waals surface area contributed by atoms with Crippen LogP contribution < -0.4 is 31.3 Å². The molecule has 0 saturated heterocycles. The summed E-state index contributed by atoms with van der Waals surface area (Å²) in [7, 11) is 1.76. The van der Waals surface area contributed by atoms with Crippen LogP contribution in [-0.2, 0) is 15.6 Å². The molecule has 0 heterocycles. The zero-order valence-electron chi connectivity index (χ0n) is 22.9. The second-order valence-electron chi connectivity index (χ2n) is 9.49. The van der Waals surface area contributed by atoms with E-state index in [0.29, 0.717) is 14.3 Å². The number of benzene rings is 3. The number of carbonyl (C=O) groups excluding carboxylic acids is 1. The SMILES string of the molecule is CCC([I-]C(C)CC(=O)NCCI(C)Cc1ccccc1)c1ccc(OC)c(Cc2ccccc2)c1C. The van der Waals surface area contributed by atoms with Crippen molar-refractivity contribution in [2.75, 3.05) is 23.0 Å². The van der Waals surface area contributed by atoms with Gasteiger partial charge in [-0.15, -0.1) is 0 Å². The van der Waals surface area contributed by atoms with Crippen LogP contribution in [0.2, 0.25) is 0 Å². The Morgan fingerprint density at radius 3 is 2.27 bits per heavy atom. The third kappa shape index (κ3) is 9.57. The van der Waals surface area contributed by atoms with Crippen LogP contribution in [0.5, 0.6) is 5.75 Å². The zero-order chi connectivity index (χ0) is 26.6. The number of nitrogens with one attached hydrogen (secondary N) is 1. The topological polar surface area (TPSA) is 38.3 Å². The van der Waals surface area contributed by atoms with E-state index in [9.17, 15) is 4.79 Å². The van der Waals surface area contributed by atoms with E-state index in [0.717, 1.165) is 25.1 Å². The molecule has 3 aromatic carbocycles. The third-order valence-electron chi connectivity index (χ3n) is 6.54. The quantitative estimate of drug-likeness (QED) is 0.198. The van der Waals surface area contributed by atoms with Gasteiger partial charge in [0.15, 0.2) is 0 Å². The first kappa shape index (κ1) is 29.9. The van der Waals surface area contributed by atoms with Gasteiger partial charge in [-0.1, -0.05) is 0 Å². The van der Waals surface area contributed by atoms with Crippen molar-refractivity contribution in [1.82, 2.24) is 5.32 Å². The first-order valence-electron chi connectivity index (χ1n) is 13.1. The molecule has 1 amide bonds. The molecule has 2 atom stereocenters. The van der Waals surface area contributed by atoms with E-state index in [1.807, 2.05) is 0 Å². The third-order valence-corrected chi connectivity index (χ3v) is 15.2. The summed E-state index contributed by atoms with van der Waals surface area (Å²) in [6.07, 6.45) is 2.63. The predicted molar refractivity (Wildman–Crippen MR) is 162 cm³/mol. The minimum atomic E-state index is -1.04. The van der Waals surface area contributed by atoms with Crippen LogP contribution in [0.3, 0.4) is 0 Å². The minimum absolute atomic E-state index is 0.175. The fraction of sp³-hybridized carbons (Fsp3) is 0.406. The van der Waals surface area contributed by atoms with Crippen molar-refractivity contribution in [3.8, 4) is 5.75 Å². The number of rotatable bonds is 14. The van der Waals surface area contributed by atoms with Crippen molar-refractivity contribution in [3.05, 3.63) is 101 Å². The molecule has 0 spiro atoms. The van der Waals surface area contributed by atoms with Gasteiger partial charge in [-0.05, 0) is 0 Å². The molecular weight excluding hydrogens is 684 g/mol. The molecule has 202 valence electrons. The summed E-state index contributed by atoms with van der Waals surface area (Å²) in [5, 5.41) is 3.23. The summed E-state index contributed by atoms with van der Waals surface area (Å²) >= 11 is -1.21. The first-order valence-corrected chi connectivity index (χ1v) is 20.8. The maximum absolute atomic E-state index is 12.7. The summed E-state index contributed by atoms with van der Waals surface area (Å²) < 4.78 is 9.12. The molecule has 1 N–H and O–H groups in total. The Labute approximate surface area is 241 Å². The normalized spacial score (nSPS) is 13.2. The monoisotopic (exact) mass is 726 g/mol. The molecule has 3 nitrogen and oxygen atoms in total. The van der Waals surface area contributed by atoms with Gasteiger partial charge in [0, 0.05) is 0 Å². The Hall–Kier alpha value is -1.61. The van der Waals surface area contributed by atoms with Gasteiger partial charge in [-0.3, -0.25) is 0 Å². The van der Waals surface area contributed by atoms with Crippen LogP contribution in [0.4, 0.5) is 0 Å². The van der Waals surface area contributed by atoms with Gasteiger partial charge in [-0.2, -0.15) is 0 Å². The van der Waals surface area contributed by atoms with E-state index in [2.05, 4.69) is 104 Å². The summed E-state index contributed by atoms with van der Waals surface area (Å²) in [4.78, 5) is 15.1. The van der Waals surface area contributed by atoms with Crippen LogP contribution in [-0.4, -0.2) is 32.8 Å². The maximum atomic E-state index is 12.7. The fourth-order valence-corrected chi connectivity index (χ4v) is 11.8. The van der Waals surface area contributed by atoms with E-state index in [4.69, 9.17) is 4.74 Å². The number of hydrogen-bond acceptors (Lipinski definition) is 2. The number of hydrogen-bond donors (Lipinski definition) is 1. The average molecular weight is 727 g/mol. The molecule has 0 saturated carbocycles. The Bertz CT molecular complexity index is 1100. The Morgan fingerprint density at radius 1 is 1.00 bits per heavy atom. The summed E-state index contributed by atoms with van der Waals surface area (Å²) in [6, 6.07) is 25.8. The van der Waals surface area contributed by atoms with E-state index < -0.39 is 19.8 Å². The number of ether oxygens (including phenoxy) is 1. The molecule has 0 aliphatic heterocycles. The van der Waals surface area contributed by atoms with Gasteiger partial charge in [-0.25, -0.2) is 0 Å². The molecular formula is C32H42I2NO2-. The van der Waals surface area contributed by atoms with Crippen LogP contribution in [0.1, 0.15) is 58.4 Å². The molecule has 3 aromatic rings. The molecule has 0 bridgehead atoms. The van der Waals surface area contributed by atoms with E-state index >= 15 is 0 Å². The van der Waals surface area contributed by atoms with Crippen molar-refractivity contribution >= 4 is 25.7 Å². The van der Waals surface area contributed by atoms with Gasteiger partial charge in [0.05, 0.1) is 0 Å². The molecule has 0 radical (unpaired) electrons. The molecule has 0 fully saturated rings. The van der Waals surface area contributed by atoms with E-state index in [-0.39, 0.29) is 27.1 Å². The van der Waals surface area contributed by atoms with Crippen molar-refractivity contribution in [2.24, 2.45) is 0 Å². The molecule has 3 rings (SSSR count). The van der Waals surface area contributed by atoms with Gasteiger partial charge in [0.25, 0.3) is 0 Å². The van der Waals surface area contributed by atoms with Crippen LogP contribution >= 0.6 is 19.8 Å². The predicted octanol–water partition coefficient (Wildman–Crippen LogP) is 4.37. The van der Waals surface area contributed by atoms with Crippen molar-refractivity contribution in [2.45, 2.75) is 52.3 Å². The second-order valence-corrected chi connectivity index (χ2v) is 19.8. The van der Waals surface area contributed by atoms with E-state index in [1.165, 1.54) is 36.7 Å². The van der Waals surface area contributed by atoms with Crippen LogP contribution in [0.15, 0.2) is 72.8 Å². The zero-order valence-corrected chi connectivity index (χ0v) is 27.2. The van der Waals surface area contributed by atoms with Gasteiger partial charge >= 0.3 is 243 Å². The van der Waals surface area contributed by atoms with Crippen molar-refractivity contribution < 1.29 is 30.7 Å². The van der Waals surface area contributed by atoms with Crippen LogP contribution in [0.25, 0.3) is 0 Å². The summed E-state index contributed by atoms with van der Waals surface area (Å²) in [5.74, 6) is 1.19. The molecule has 0 aromatic heterocycles. The Balaban J connectivity index is 1.54. The van der Waals surface area contributed by atoms with Crippen molar-refractivity contribution in [1.29, 1.82) is 0 Å². The van der Waals surface area contributed by atoms with Gasteiger partial charge in [0.1, 0.15) is 0 Å². The number of halogens is 2. The standard InChI is InChI=1S/C32H42I2NO2/c1-6-30(28-17-18-31(37-5)29(25(28)3)22-26-13-9-7-10-14-26)33-24(2)21-32(36)35-20-19-34(4)23-27-15-11-8-12-16-27/h7-18,24,30H,6,19-23H2,1-5H3,(H,35,36)/q-1. The summed E-state index contributed by atoms with van der Waals surface area (Å²) in [6.45, 7) is 7.64. The van der Waals surface area contributed by atoms with Crippen molar-refractivity contribution in [3.63, 3.8) is 0 Å². The Morgan fingerprint density at radius 2 is 1.65 bits per heavy atom. The molecule has 0 aliphatic carbocycles. The second kappa shape index (κ2) is 15.7. The Kier molecular flexibility index (Phi) is 12.7. The molecule has 2 unspecified atom stereocenters.